The standard InChI is InChI=1S/C19H17F3N2O4/c1-2-27-16(25)10-7-13-5-8-14(9-6-13)24-17(26)15-4-3-11-23-18(15)28-12-19(20,21)22/h3-11H,2,12H2,1H3,(H,24,26)/b10-7+. The minimum atomic E-state index is -4.54. The molecule has 1 N–H and O–H groups in total. The van der Waals surface area contributed by atoms with Gasteiger partial charge in [-0.1, -0.05) is 12.1 Å². The molecule has 0 spiro atoms. The van der Waals surface area contributed by atoms with Gasteiger partial charge in [0.05, 0.1) is 6.61 Å². The number of aromatic nitrogens is 1. The molecule has 0 aliphatic heterocycles. The first kappa shape index (κ1) is 20.9. The van der Waals surface area contributed by atoms with Crippen molar-refractivity contribution in [3.63, 3.8) is 0 Å². The number of benzene rings is 1. The van der Waals surface area contributed by atoms with Crippen molar-refractivity contribution in [3.8, 4) is 5.88 Å². The van der Waals surface area contributed by atoms with E-state index in [1.807, 2.05) is 0 Å². The van der Waals surface area contributed by atoms with Crippen LogP contribution >= 0.6 is 0 Å². The number of rotatable bonds is 7. The van der Waals surface area contributed by atoms with Crippen molar-refractivity contribution in [3.05, 3.63) is 59.8 Å². The van der Waals surface area contributed by atoms with Gasteiger partial charge in [0.2, 0.25) is 5.88 Å². The van der Waals surface area contributed by atoms with Crippen molar-refractivity contribution >= 4 is 23.6 Å². The highest BCUT2D eigenvalue weighted by Gasteiger charge is 2.29. The smallest absolute Gasteiger partial charge is 0.422 e. The number of hydrogen-bond donors (Lipinski definition) is 1. The van der Waals surface area contributed by atoms with E-state index >= 15 is 0 Å². The summed E-state index contributed by atoms with van der Waals surface area (Å²) in [7, 11) is 0. The van der Waals surface area contributed by atoms with E-state index in [1.54, 1.807) is 37.3 Å². The molecule has 0 aliphatic rings. The molecular weight excluding hydrogens is 377 g/mol. The molecule has 0 radical (unpaired) electrons. The molecule has 1 heterocycles. The molecule has 1 aromatic heterocycles. The lowest BCUT2D eigenvalue weighted by Gasteiger charge is -2.12. The normalized spacial score (nSPS) is 11.3. The minimum Gasteiger partial charge on any atom is -0.467 e. The van der Waals surface area contributed by atoms with Crippen molar-refractivity contribution in [1.29, 1.82) is 0 Å². The number of anilines is 1. The number of pyridine rings is 1. The number of nitrogens with zero attached hydrogens (tertiary/aromatic N) is 1. The topological polar surface area (TPSA) is 77.5 Å². The number of alkyl halides is 3. The third kappa shape index (κ3) is 6.75. The van der Waals surface area contributed by atoms with Crippen molar-refractivity contribution in [1.82, 2.24) is 4.98 Å². The Morgan fingerprint density at radius 2 is 1.89 bits per heavy atom. The summed E-state index contributed by atoms with van der Waals surface area (Å²) in [5.74, 6) is -1.55. The van der Waals surface area contributed by atoms with E-state index in [-0.39, 0.29) is 12.2 Å². The molecule has 0 unspecified atom stereocenters. The first-order chi connectivity index (χ1) is 13.3. The zero-order valence-electron chi connectivity index (χ0n) is 14.8. The second-order valence-corrected chi connectivity index (χ2v) is 5.42. The summed E-state index contributed by atoms with van der Waals surface area (Å²) in [6.45, 7) is 0.425. The highest BCUT2D eigenvalue weighted by Crippen LogP contribution is 2.21. The fourth-order valence-corrected chi connectivity index (χ4v) is 2.06. The van der Waals surface area contributed by atoms with Gasteiger partial charge in [0, 0.05) is 18.0 Å². The average Bonchev–Trinajstić information content (AvgIpc) is 2.65. The molecule has 9 heteroatoms. The molecule has 6 nitrogen and oxygen atoms in total. The Kier molecular flexibility index (Phi) is 7.14. The second kappa shape index (κ2) is 9.54. The number of hydrogen-bond acceptors (Lipinski definition) is 5. The van der Waals surface area contributed by atoms with E-state index in [1.165, 1.54) is 24.4 Å². The van der Waals surface area contributed by atoms with Crippen LogP contribution in [-0.4, -0.2) is 36.3 Å². The van der Waals surface area contributed by atoms with Gasteiger partial charge in [-0.05, 0) is 42.8 Å². The van der Waals surface area contributed by atoms with Gasteiger partial charge >= 0.3 is 12.1 Å². The number of halogens is 3. The molecular formula is C19H17F3N2O4. The Morgan fingerprint density at radius 3 is 2.54 bits per heavy atom. The van der Waals surface area contributed by atoms with E-state index < -0.39 is 30.5 Å². The van der Waals surface area contributed by atoms with Crippen molar-refractivity contribution < 1.29 is 32.2 Å². The van der Waals surface area contributed by atoms with Gasteiger partial charge in [0.1, 0.15) is 5.56 Å². The van der Waals surface area contributed by atoms with Gasteiger partial charge in [-0.15, -0.1) is 0 Å². The van der Waals surface area contributed by atoms with Crippen LogP contribution in [0.2, 0.25) is 0 Å². The third-order valence-electron chi connectivity index (χ3n) is 3.26. The van der Waals surface area contributed by atoms with Crippen molar-refractivity contribution in [2.45, 2.75) is 13.1 Å². The Bertz CT molecular complexity index is 849. The SMILES string of the molecule is CCOC(=O)/C=C/c1ccc(NC(=O)c2cccnc2OCC(F)(F)F)cc1. The molecule has 1 aromatic carbocycles. The van der Waals surface area contributed by atoms with Crippen LogP contribution in [0.3, 0.4) is 0 Å². The van der Waals surface area contributed by atoms with Crippen LogP contribution in [0.15, 0.2) is 48.7 Å². The Balaban J connectivity index is 2.04. The first-order valence-corrected chi connectivity index (χ1v) is 8.19. The summed E-state index contributed by atoms with van der Waals surface area (Å²) in [6, 6.07) is 9.18. The number of nitrogens with one attached hydrogen (secondary N) is 1. The van der Waals surface area contributed by atoms with Crippen molar-refractivity contribution in [2.75, 3.05) is 18.5 Å². The van der Waals surface area contributed by atoms with Gasteiger partial charge < -0.3 is 14.8 Å². The summed E-state index contributed by atoms with van der Waals surface area (Å²) in [5.41, 5.74) is 0.976. The lowest BCUT2D eigenvalue weighted by Crippen LogP contribution is -2.21. The molecule has 0 fully saturated rings. The lowest BCUT2D eigenvalue weighted by atomic mass is 10.2. The molecule has 0 saturated carbocycles. The van der Waals surface area contributed by atoms with Crippen LogP contribution in [0, 0.1) is 0 Å². The largest absolute Gasteiger partial charge is 0.467 e. The zero-order valence-corrected chi connectivity index (χ0v) is 14.8. The minimum absolute atomic E-state index is 0.127. The summed E-state index contributed by atoms with van der Waals surface area (Å²) in [4.78, 5) is 27.3. The number of carbonyl (C=O) groups is 2. The number of ether oxygens (including phenoxy) is 2. The molecule has 148 valence electrons. The van der Waals surface area contributed by atoms with Gasteiger partial charge in [-0.3, -0.25) is 4.79 Å². The van der Waals surface area contributed by atoms with E-state index in [9.17, 15) is 22.8 Å². The molecule has 28 heavy (non-hydrogen) atoms. The molecule has 2 rings (SSSR count). The molecule has 0 atom stereocenters. The highest BCUT2D eigenvalue weighted by molar-refractivity contribution is 6.05. The zero-order chi connectivity index (χ0) is 20.6. The van der Waals surface area contributed by atoms with E-state index in [2.05, 4.69) is 15.0 Å². The summed E-state index contributed by atoms with van der Waals surface area (Å²) >= 11 is 0. The van der Waals surface area contributed by atoms with E-state index in [0.717, 1.165) is 0 Å². The fraction of sp³-hybridized carbons (Fsp3) is 0.211. The third-order valence-corrected chi connectivity index (χ3v) is 3.26. The summed E-state index contributed by atoms with van der Waals surface area (Å²) < 4.78 is 46.4. The number of carbonyl (C=O) groups excluding carboxylic acids is 2. The monoisotopic (exact) mass is 394 g/mol. The maximum absolute atomic E-state index is 12.3. The van der Waals surface area contributed by atoms with Gasteiger partial charge in [0.25, 0.3) is 5.91 Å². The quantitative estimate of drug-likeness (QED) is 0.570. The van der Waals surface area contributed by atoms with Gasteiger partial charge in [-0.2, -0.15) is 13.2 Å². The number of esters is 1. The van der Waals surface area contributed by atoms with Crippen LogP contribution in [0.1, 0.15) is 22.8 Å². The average molecular weight is 394 g/mol. The molecule has 0 saturated heterocycles. The van der Waals surface area contributed by atoms with Gasteiger partial charge in [0.15, 0.2) is 6.61 Å². The lowest BCUT2D eigenvalue weighted by molar-refractivity contribution is -0.154. The van der Waals surface area contributed by atoms with E-state index in [4.69, 9.17) is 4.74 Å². The predicted octanol–water partition coefficient (Wildman–Crippen LogP) is 3.85. The summed E-state index contributed by atoms with van der Waals surface area (Å²) in [5, 5.41) is 2.55. The van der Waals surface area contributed by atoms with Gasteiger partial charge in [-0.25, -0.2) is 9.78 Å². The van der Waals surface area contributed by atoms with E-state index in [0.29, 0.717) is 11.3 Å². The van der Waals surface area contributed by atoms with Crippen LogP contribution in [0.4, 0.5) is 18.9 Å². The first-order valence-electron chi connectivity index (χ1n) is 8.19. The Hall–Kier alpha value is -3.36. The van der Waals surface area contributed by atoms with Crippen LogP contribution in [0.5, 0.6) is 5.88 Å². The maximum Gasteiger partial charge on any atom is 0.422 e. The van der Waals surface area contributed by atoms with Crippen LogP contribution in [0.25, 0.3) is 6.08 Å². The van der Waals surface area contributed by atoms with Crippen LogP contribution < -0.4 is 10.1 Å². The molecule has 0 bridgehead atoms. The number of amides is 1. The maximum atomic E-state index is 12.3. The Labute approximate surface area is 159 Å². The fourth-order valence-electron chi connectivity index (χ4n) is 2.06. The second-order valence-electron chi connectivity index (χ2n) is 5.42. The van der Waals surface area contributed by atoms with Crippen molar-refractivity contribution in [2.24, 2.45) is 0 Å². The molecule has 2 aromatic rings. The Morgan fingerprint density at radius 1 is 1.18 bits per heavy atom. The highest BCUT2D eigenvalue weighted by atomic mass is 19.4. The predicted molar refractivity (Wildman–Crippen MR) is 95.8 cm³/mol. The summed E-state index contributed by atoms with van der Waals surface area (Å²) in [6.07, 6.45) is -0.490. The van der Waals surface area contributed by atoms with Crippen LogP contribution in [-0.2, 0) is 9.53 Å². The molecule has 1 amide bonds. The molecule has 0 aliphatic carbocycles.